The minimum atomic E-state index is -0.0980. The van der Waals surface area contributed by atoms with E-state index in [2.05, 4.69) is 0 Å². The Kier molecular flexibility index (Phi) is 5.07. The SMILES string of the molecule is O=C(c1ccc(Cl)cc1)N1CCN(C(=O)c2ccccc2Cl)CC1. The highest BCUT2D eigenvalue weighted by atomic mass is 35.5. The Labute approximate surface area is 150 Å². The summed E-state index contributed by atoms with van der Waals surface area (Å²) in [4.78, 5) is 28.5. The summed E-state index contributed by atoms with van der Waals surface area (Å²) in [6.45, 7) is 1.97. The summed E-state index contributed by atoms with van der Waals surface area (Å²) in [5.74, 6) is -0.143. The molecule has 2 aromatic carbocycles. The van der Waals surface area contributed by atoms with Crippen molar-refractivity contribution in [2.45, 2.75) is 0 Å². The molecule has 4 nitrogen and oxygen atoms in total. The smallest absolute Gasteiger partial charge is 0.255 e. The van der Waals surface area contributed by atoms with E-state index in [4.69, 9.17) is 23.2 Å². The Balaban J connectivity index is 1.63. The van der Waals surface area contributed by atoms with E-state index in [-0.39, 0.29) is 11.8 Å². The first-order valence-electron chi connectivity index (χ1n) is 7.65. The van der Waals surface area contributed by atoms with E-state index in [1.807, 2.05) is 0 Å². The fourth-order valence-electron chi connectivity index (χ4n) is 2.69. The van der Waals surface area contributed by atoms with Gasteiger partial charge in [0.1, 0.15) is 0 Å². The van der Waals surface area contributed by atoms with E-state index in [9.17, 15) is 9.59 Å². The second kappa shape index (κ2) is 7.24. The predicted molar refractivity (Wildman–Crippen MR) is 94.7 cm³/mol. The van der Waals surface area contributed by atoms with Gasteiger partial charge in [-0.2, -0.15) is 0 Å². The zero-order valence-electron chi connectivity index (χ0n) is 12.9. The summed E-state index contributed by atoms with van der Waals surface area (Å²) < 4.78 is 0. The Hall–Kier alpha value is -2.04. The third-order valence-corrected chi connectivity index (χ3v) is 4.63. The van der Waals surface area contributed by atoms with Crippen molar-refractivity contribution in [1.29, 1.82) is 0 Å². The van der Waals surface area contributed by atoms with E-state index >= 15 is 0 Å². The second-order valence-electron chi connectivity index (χ2n) is 5.57. The molecule has 0 unspecified atom stereocenters. The Morgan fingerprint density at radius 1 is 0.750 bits per heavy atom. The van der Waals surface area contributed by atoms with Gasteiger partial charge in [-0.3, -0.25) is 9.59 Å². The maximum Gasteiger partial charge on any atom is 0.255 e. The van der Waals surface area contributed by atoms with Gasteiger partial charge < -0.3 is 9.80 Å². The van der Waals surface area contributed by atoms with Crippen LogP contribution in [0.5, 0.6) is 0 Å². The Morgan fingerprint density at radius 3 is 1.88 bits per heavy atom. The van der Waals surface area contributed by atoms with E-state index in [1.165, 1.54) is 0 Å². The first-order chi connectivity index (χ1) is 11.6. The molecule has 24 heavy (non-hydrogen) atoms. The van der Waals surface area contributed by atoms with Crippen LogP contribution in [0.3, 0.4) is 0 Å². The molecule has 0 aliphatic carbocycles. The molecule has 124 valence electrons. The van der Waals surface area contributed by atoms with Crippen LogP contribution in [-0.4, -0.2) is 47.8 Å². The van der Waals surface area contributed by atoms with E-state index < -0.39 is 0 Å². The standard InChI is InChI=1S/C18H16Cl2N2O2/c19-14-7-5-13(6-8-14)17(23)21-9-11-22(12-10-21)18(24)15-3-1-2-4-16(15)20/h1-8H,9-12H2. The molecule has 1 heterocycles. The van der Waals surface area contributed by atoms with Crippen molar-refractivity contribution in [3.8, 4) is 0 Å². The molecule has 1 saturated heterocycles. The van der Waals surface area contributed by atoms with Crippen molar-refractivity contribution >= 4 is 35.0 Å². The van der Waals surface area contributed by atoms with Crippen molar-refractivity contribution in [2.75, 3.05) is 26.2 Å². The van der Waals surface area contributed by atoms with Gasteiger partial charge in [-0.1, -0.05) is 35.3 Å². The van der Waals surface area contributed by atoms with Crippen LogP contribution < -0.4 is 0 Å². The molecule has 2 aromatic rings. The first-order valence-corrected chi connectivity index (χ1v) is 8.40. The predicted octanol–water partition coefficient (Wildman–Crippen LogP) is 3.59. The minimum absolute atomic E-state index is 0.0449. The largest absolute Gasteiger partial charge is 0.335 e. The third-order valence-electron chi connectivity index (χ3n) is 4.05. The van der Waals surface area contributed by atoms with Crippen molar-refractivity contribution in [3.05, 3.63) is 69.7 Å². The molecular formula is C18H16Cl2N2O2. The normalized spacial score (nSPS) is 14.6. The lowest BCUT2D eigenvalue weighted by Crippen LogP contribution is -2.50. The molecule has 0 bridgehead atoms. The third kappa shape index (κ3) is 3.55. The lowest BCUT2D eigenvalue weighted by Gasteiger charge is -2.35. The van der Waals surface area contributed by atoms with Gasteiger partial charge in [-0.05, 0) is 36.4 Å². The van der Waals surface area contributed by atoms with Crippen LogP contribution in [0.4, 0.5) is 0 Å². The number of carbonyl (C=O) groups excluding carboxylic acids is 2. The van der Waals surface area contributed by atoms with Crippen LogP contribution in [0.2, 0.25) is 10.0 Å². The first kappa shape index (κ1) is 16.8. The highest BCUT2D eigenvalue weighted by Gasteiger charge is 2.26. The lowest BCUT2D eigenvalue weighted by atomic mass is 10.1. The van der Waals surface area contributed by atoms with Crippen LogP contribution in [0, 0.1) is 0 Å². The molecular weight excluding hydrogens is 347 g/mol. The maximum atomic E-state index is 12.5. The van der Waals surface area contributed by atoms with Crippen LogP contribution >= 0.6 is 23.2 Å². The monoisotopic (exact) mass is 362 g/mol. The number of halogens is 2. The van der Waals surface area contributed by atoms with Gasteiger partial charge in [0.2, 0.25) is 0 Å². The number of nitrogens with zero attached hydrogens (tertiary/aromatic N) is 2. The molecule has 1 aliphatic heterocycles. The Morgan fingerprint density at radius 2 is 1.29 bits per heavy atom. The topological polar surface area (TPSA) is 40.6 Å². The van der Waals surface area contributed by atoms with Gasteiger partial charge in [-0.15, -0.1) is 0 Å². The summed E-state index contributed by atoms with van der Waals surface area (Å²) in [6.07, 6.45) is 0. The minimum Gasteiger partial charge on any atom is -0.335 e. The fraction of sp³-hybridized carbons (Fsp3) is 0.222. The number of hydrogen-bond acceptors (Lipinski definition) is 2. The van der Waals surface area contributed by atoms with Gasteiger partial charge in [0, 0.05) is 36.8 Å². The average molecular weight is 363 g/mol. The summed E-state index contributed by atoms with van der Waals surface area (Å²) >= 11 is 11.9. The number of piperazine rings is 1. The quantitative estimate of drug-likeness (QED) is 0.818. The molecule has 1 fully saturated rings. The molecule has 3 rings (SSSR count). The van der Waals surface area contributed by atoms with E-state index in [1.54, 1.807) is 58.3 Å². The number of carbonyl (C=O) groups is 2. The number of rotatable bonds is 2. The fourth-order valence-corrected chi connectivity index (χ4v) is 3.04. The number of benzene rings is 2. The zero-order chi connectivity index (χ0) is 17.1. The second-order valence-corrected chi connectivity index (χ2v) is 6.41. The molecule has 0 spiro atoms. The number of hydrogen-bond donors (Lipinski definition) is 0. The number of amides is 2. The van der Waals surface area contributed by atoms with Crippen LogP contribution in [0.25, 0.3) is 0 Å². The van der Waals surface area contributed by atoms with Gasteiger partial charge in [0.05, 0.1) is 10.6 Å². The van der Waals surface area contributed by atoms with E-state index in [0.29, 0.717) is 47.4 Å². The summed E-state index contributed by atoms with van der Waals surface area (Å²) in [6, 6.07) is 13.8. The van der Waals surface area contributed by atoms with Gasteiger partial charge in [0.25, 0.3) is 11.8 Å². The molecule has 0 aromatic heterocycles. The molecule has 1 aliphatic rings. The van der Waals surface area contributed by atoms with E-state index in [0.717, 1.165) is 0 Å². The molecule has 2 amide bonds. The zero-order valence-corrected chi connectivity index (χ0v) is 14.4. The van der Waals surface area contributed by atoms with Crippen LogP contribution in [-0.2, 0) is 0 Å². The highest BCUT2D eigenvalue weighted by molar-refractivity contribution is 6.33. The molecule has 0 atom stereocenters. The van der Waals surface area contributed by atoms with Gasteiger partial charge >= 0.3 is 0 Å². The molecule has 6 heteroatoms. The summed E-state index contributed by atoms with van der Waals surface area (Å²) in [7, 11) is 0. The Bertz CT molecular complexity index is 754. The van der Waals surface area contributed by atoms with Gasteiger partial charge in [0.15, 0.2) is 0 Å². The van der Waals surface area contributed by atoms with Crippen molar-refractivity contribution in [3.63, 3.8) is 0 Å². The molecule has 0 saturated carbocycles. The van der Waals surface area contributed by atoms with Crippen molar-refractivity contribution in [2.24, 2.45) is 0 Å². The van der Waals surface area contributed by atoms with Crippen molar-refractivity contribution < 1.29 is 9.59 Å². The summed E-state index contributed by atoms with van der Waals surface area (Å²) in [5.41, 5.74) is 1.10. The van der Waals surface area contributed by atoms with Gasteiger partial charge in [-0.25, -0.2) is 0 Å². The highest BCUT2D eigenvalue weighted by Crippen LogP contribution is 2.19. The molecule has 0 radical (unpaired) electrons. The maximum absolute atomic E-state index is 12.5. The average Bonchev–Trinajstić information content (AvgIpc) is 2.62. The molecule has 0 N–H and O–H groups in total. The van der Waals surface area contributed by atoms with Crippen LogP contribution in [0.1, 0.15) is 20.7 Å². The van der Waals surface area contributed by atoms with Crippen LogP contribution in [0.15, 0.2) is 48.5 Å². The lowest BCUT2D eigenvalue weighted by molar-refractivity contribution is 0.0535. The van der Waals surface area contributed by atoms with Crippen molar-refractivity contribution in [1.82, 2.24) is 9.80 Å². The summed E-state index contributed by atoms with van der Waals surface area (Å²) in [5, 5.41) is 1.05.